The molecule has 0 saturated heterocycles. The second-order valence-corrected chi connectivity index (χ2v) is 5.10. The number of nitrogens with zero attached hydrogens (tertiary/aromatic N) is 1. The first-order chi connectivity index (χ1) is 10.3. The van der Waals surface area contributed by atoms with E-state index in [2.05, 4.69) is 35.3 Å². The molecule has 0 aliphatic carbocycles. The van der Waals surface area contributed by atoms with Crippen molar-refractivity contribution < 1.29 is 9.47 Å². The summed E-state index contributed by atoms with van der Waals surface area (Å²) in [6.45, 7) is 2.37. The minimum atomic E-state index is 0.286. The maximum absolute atomic E-state index is 5.41. The molecule has 3 aromatic rings. The largest absolute Gasteiger partial charge is 0.454 e. The molecule has 1 N–H and O–H groups in total. The Labute approximate surface area is 122 Å². The van der Waals surface area contributed by atoms with Gasteiger partial charge in [-0.25, -0.2) is 0 Å². The molecule has 0 atom stereocenters. The molecule has 2 aromatic carbocycles. The summed E-state index contributed by atoms with van der Waals surface area (Å²) >= 11 is 0. The number of aromatic amines is 1. The number of hydrogen-bond acceptors (Lipinski definition) is 3. The minimum Gasteiger partial charge on any atom is -0.454 e. The second-order valence-electron chi connectivity index (χ2n) is 5.10. The van der Waals surface area contributed by atoms with Crippen molar-refractivity contribution in [3.05, 3.63) is 54.1 Å². The van der Waals surface area contributed by atoms with Crippen molar-refractivity contribution in [2.75, 3.05) is 6.79 Å². The van der Waals surface area contributed by atoms with Crippen LogP contribution in [0.5, 0.6) is 11.5 Å². The van der Waals surface area contributed by atoms with E-state index < -0.39 is 0 Å². The summed E-state index contributed by atoms with van der Waals surface area (Å²) in [5.41, 5.74) is 5.27. The Morgan fingerprint density at radius 2 is 1.86 bits per heavy atom. The topological polar surface area (TPSA) is 47.1 Å². The van der Waals surface area contributed by atoms with E-state index in [0.717, 1.165) is 34.0 Å². The first-order valence-corrected chi connectivity index (χ1v) is 6.82. The van der Waals surface area contributed by atoms with Gasteiger partial charge in [0.15, 0.2) is 11.5 Å². The van der Waals surface area contributed by atoms with Gasteiger partial charge >= 0.3 is 0 Å². The van der Waals surface area contributed by atoms with Gasteiger partial charge in [0.25, 0.3) is 0 Å². The summed E-state index contributed by atoms with van der Waals surface area (Å²) in [5.74, 6) is 1.56. The van der Waals surface area contributed by atoms with Gasteiger partial charge in [-0.1, -0.05) is 23.8 Å². The quantitative estimate of drug-likeness (QED) is 0.776. The molecule has 0 radical (unpaired) electrons. The van der Waals surface area contributed by atoms with Crippen LogP contribution in [0.25, 0.3) is 22.5 Å². The minimum absolute atomic E-state index is 0.286. The van der Waals surface area contributed by atoms with Crippen LogP contribution < -0.4 is 9.47 Å². The van der Waals surface area contributed by atoms with Crippen molar-refractivity contribution in [3.63, 3.8) is 0 Å². The van der Waals surface area contributed by atoms with Crippen LogP contribution in [-0.4, -0.2) is 17.0 Å². The highest BCUT2D eigenvalue weighted by molar-refractivity contribution is 5.70. The monoisotopic (exact) mass is 278 g/mol. The predicted molar refractivity (Wildman–Crippen MR) is 80.3 cm³/mol. The van der Waals surface area contributed by atoms with Crippen molar-refractivity contribution in [1.82, 2.24) is 10.2 Å². The lowest BCUT2D eigenvalue weighted by molar-refractivity contribution is 0.174. The van der Waals surface area contributed by atoms with Crippen LogP contribution in [0.4, 0.5) is 0 Å². The van der Waals surface area contributed by atoms with Crippen LogP contribution in [0.2, 0.25) is 0 Å². The molecule has 0 bridgehead atoms. The Bertz CT molecular complexity index is 808. The van der Waals surface area contributed by atoms with Crippen LogP contribution in [-0.2, 0) is 0 Å². The zero-order valence-corrected chi connectivity index (χ0v) is 11.6. The molecule has 0 amide bonds. The lowest BCUT2D eigenvalue weighted by atomic mass is 10.1. The van der Waals surface area contributed by atoms with E-state index >= 15 is 0 Å². The highest BCUT2D eigenvalue weighted by atomic mass is 16.7. The average Bonchev–Trinajstić information content (AvgIpc) is 3.15. The van der Waals surface area contributed by atoms with Crippen LogP contribution in [0.3, 0.4) is 0 Å². The van der Waals surface area contributed by atoms with Crippen LogP contribution >= 0.6 is 0 Å². The Hall–Kier alpha value is -2.75. The first kappa shape index (κ1) is 12.0. The van der Waals surface area contributed by atoms with Crippen molar-refractivity contribution in [1.29, 1.82) is 0 Å². The number of fused-ring (bicyclic) bond motifs is 1. The fourth-order valence-electron chi connectivity index (χ4n) is 2.49. The Morgan fingerprint density at radius 1 is 0.952 bits per heavy atom. The summed E-state index contributed by atoms with van der Waals surface area (Å²) in [5, 5.41) is 7.49. The second kappa shape index (κ2) is 4.66. The normalized spacial score (nSPS) is 12.6. The Morgan fingerprint density at radius 3 is 2.76 bits per heavy atom. The number of rotatable bonds is 2. The standard InChI is InChI=1S/C17H14N2O2/c1-11-3-2-4-12(7-11)14-9-15(19-18-14)13-5-6-16-17(8-13)21-10-20-16/h2-9H,10H2,1H3,(H,18,19). The van der Waals surface area contributed by atoms with E-state index in [-0.39, 0.29) is 6.79 Å². The van der Waals surface area contributed by atoms with Gasteiger partial charge in [-0.15, -0.1) is 0 Å². The average molecular weight is 278 g/mol. The maximum Gasteiger partial charge on any atom is 0.231 e. The molecule has 1 aliphatic rings. The summed E-state index contributed by atoms with van der Waals surface area (Å²) in [6, 6.07) is 16.2. The Balaban J connectivity index is 1.71. The SMILES string of the molecule is Cc1cccc(-c2cc(-c3ccc4c(c3)OCO4)n[nH]2)c1. The first-order valence-electron chi connectivity index (χ1n) is 6.82. The van der Waals surface area contributed by atoms with Gasteiger partial charge in [0.05, 0.1) is 11.4 Å². The molecule has 0 spiro atoms. The van der Waals surface area contributed by atoms with E-state index in [1.165, 1.54) is 5.56 Å². The van der Waals surface area contributed by atoms with Gasteiger partial charge in [-0.3, -0.25) is 5.10 Å². The third-order valence-electron chi connectivity index (χ3n) is 3.58. The van der Waals surface area contributed by atoms with E-state index in [1.54, 1.807) is 0 Å². The summed E-state index contributed by atoms with van der Waals surface area (Å²) in [7, 11) is 0. The van der Waals surface area contributed by atoms with Gasteiger partial charge < -0.3 is 9.47 Å². The molecule has 2 heterocycles. The molecule has 1 aromatic heterocycles. The number of ether oxygens (including phenoxy) is 2. The molecule has 4 heteroatoms. The number of benzene rings is 2. The predicted octanol–water partition coefficient (Wildman–Crippen LogP) is 3.78. The lowest BCUT2D eigenvalue weighted by Crippen LogP contribution is -1.92. The van der Waals surface area contributed by atoms with Crippen molar-refractivity contribution >= 4 is 0 Å². The smallest absolute Gasteiger partial charge is 0.231 e. The number of aryl methyl sites for hydroxylation is 1. The van der Waals surface area contributed by atoms with Crippen molar-refractivity contribution in [3.8, 4) is 34.0 Å². The number of H-pyrrole nitrogens is 1. The van der Waals surface area contributed by atoms with Gasteiger partial charge in [0.1, 0.15) is 0 Å². The molecule has 0 unspecified atom stereocenters. The van der Waals surface area contributed by atoms with Crippen LogP contribution in [0.15, 0.2) is 48.5 Å². The highest BCUT2D eigenvalue weighted by Gasteiger charge is 2.15. The zero-order valence-electron chi connectivity index (χ0n) is 11.6. The maximum atomic E-state index is 5.41. The highest BCUT2D eigenvalue weighted by Crippen LogP contribution is 2.36. The molecule has 1 aliphatic heterocycles. The van der Waals surface area contributed by atoms with E-state index in [1.807, 2.05) is 30.3 Å². The van der Waals surface area contributed by atoms with Crippen molar-refractivity contribution in [2.24, 2.45) is 0 Å². The van der Waals surface area contributed by atoms with Crippen LogP contribution in [0, 0.1) is 6.92 Å². The molecular formula is C17H14N2O2. The van der Waals surface area contributed by atoms with Gasteiger partial charge in [-0.05, 0) is 42.8 Å². The molecule has 4 rings (SSSR count). The molecule has 104 valence electrons. The van der Waals surface area contributed by atoms with E-state index in [9.17, 15) is 0 Å². The van der Waals surface area contributed by atoms with E-state index in [0.29, 0.717) is 0 Å². The van der Waals surface area contributed by atoms with Crippen LogP contribution in [0.1, 0.15) is 5.56 Å². The summed E-state index contributed by atoms with van der Waals surface area (Å²) in [6.07, 6.45) is 0. The fourth-order valence-corrected chi connectivity index (χ4v) is 2.49. The third-order valence-corrected chi connectivity index (χ3v) is 3.58. The van der Waals surface area contributed by atoms with E-state index in [4.69, 9.17) is 9.47 Å². The van der Waals surface area contributed by atoms with Gasteiger partial charge in [0, 0.05) is 5.56 Å². The van der Waals surface area contributed by atoms with Gasteiger partial charge in [0.2, 0.25) is 6.79 Å². The molecule has 0 fully saturated rings. The summed E-state index contributed by atoms with van der Waals surface area (Å²) < 4.78 is 10.7. The fraction of sp³-hybridized carbons (Fsp3) is 0.118. The Kier molecular flexibility index (Phi) is 2.67. The molecule has 4 nitrogen and oxygen atoms in total. The number of hydrogen-bond donors (Lipinski definition) is 1. The molecule has 21 heavy (non-hydrogen) atoms. The molecule has 0 saturated carbocycles. The number of aromatic nitrogens is 2. The molecular weight excluding hydrogens is 264 g/mol. The third kappa shape index (κ3) is 2.14. The number of nitrogens with one attached hydrogen (secondary N) is 1. The summed E-state index contributed by atoms with van der Waals surface area (Å²) in [4.78, 5) is 0. The van der Waals surface area contributed by atoms with Gasteiger partial charge in [-0.2, -0.15) is 5.10 Å². The lowest BCUT2D eigenvalue weighted by Gasteiger charge is -1.99. The van der Waals surface area contributed by atoms with Crippen molar-refractivity contribution in [2.45, 2.75) is 6.92 Å². The zero-order chi connectivity index (χ0) is 14.2.